The van der Waals surface area contributed by atoms with E-state index in [0.717, 1.165) is 24.0 Å². The van der Waals surface area contributed by atoms with Gasteiger partial charge in [0.1, 0.15) is 5.78 Å². The van der Waals surface area contributed by atoms with Crippen molar-refractivity contribution in [1.82, 2.24) is 0 Å². The fourth-order valence-corrected chi connectivity index (χ4v) is 9.88. The maximum absolute atomic E-state index is 13.4. The second kappa shape index (κ2) is 7.30. The van der Waals surface area contributed by atoms with Crippen molar-refractivity contribution in [3.05, 3.63) is 23.3 Å². The Morgan fingerprint density at radius 3 is 2.23 bits per heavy atom. The molecule has 0 heterocycles. The fraction of sp³-hybridized carbons (Fsp3) is 0.833. The molecule has 0 spiro atoms. The second-order valence-corrected chi connectivity index (χ2v) is 14.7. The number of fused-ring (bicyclic) bond motifs is 6. The molecule has 0 unspecified atom stereocenters. The Balaban J connectivity index is 1.73. The van der Waals surface area contributed by atoms with Crippen LogP contribution in [0.25, 0.3) is 0 Å². The Labute approximate surface area is 210 Å². The Kier molecular flexibility index (Phi) is 5.35. The van der Waals surface area contributed by atoms with Crippen molar-refractivity contribution >= 4 is 5.78 Å². The molecule has 4 N–H and O–H groups in total. The molecule has 5 nitrogen and oxygen atoms in total. The number of aliphatic hydroxyl groups excluding tert-OH is 4. The lowest BCUT2D eigenvalue weighted by atomic mass is 9.34. The summed E-state index contributed by atoms with van der Waals surface area (Å²) in [6, 6.07) is 0. The van der Waals surface area contributed by atoms with E-state index in [0.29, 0.717) is 25.7 Å². The zero-order valence-corrected chi connectivity index (χ0v) is 22.7. The minimum atomic E-state index is -0.748. The van der Waals surface area contributed by atoms with Gasteiger partial charge >= 0.3 is 0 Å². The number of carbonyl (C=O) groups is 1. The minimum Gasteiger partial charge on any atom is -0.396 e. The van der Waals surface area contributed by atoms with Crippen LogP contribution in [0.4, 0.5) is 0 Å². The third-order valence-corrected chi connectivity index (χ3v) is 12.5. The summed E-state index contributed by atoms with van der Waals surface area (Å²) in [7, 11) is 0. The van der Waals surface area contributed by atoms with Crippen molar-refractivity contribution in [2.24, 2.45) is 44.3 Å². The molecule has 3 fully saturated rings. The topological polar surface area (TPSA) is 98.0 Å². The van der Waals surface area contributed by atoms with Crippen LogP contribution in [0.3, 0.4) is 0 Å². The molecule has 0 bridgehead atoms. The first-order valence-corrected chi connectivity index (χ1v) is 13.6. The smallest absolute Gasteiger partial charge is 0.143 e. The van der Waals surface area contributed by atoms with E-state index in [9.17, 15) is 25.2 Å². The van der Waals surface area contributed by atoms with Crippen molar-refractivity contribution in [1.29, 1.82) is 0 Å². The SMILES string of the molecule is CC1(C)CC(=O)[C@]2(C)C[C@H](O)[C@]3(C)C(=C2C1)C=C[C@@H]1[C@@]2(C)CC[C@H](O)[C@](C)(CO)[C@@H]2C[C@H](O)[C@]13C. The van der Waals surface area contributed by atoms with Gasteiger partial charge in [0.2, 0.25) is 0 Å². The highest BCUT2D eigenvalue weighted by atomic mass is 16.3. The highest BCUT2D eigenvalue weighted by molar-refractivity contribution is 5.90. The second-order valence-electron chi connectivity index (χ2n) is 14.7. The highest BCUT2D eigenvalue weighted by Crippen LogP contribution is 2.73. The molecule has 0 aromatic heterocycles. The molecule has 0 radical (unpaired) electrons. The third-order valence-electron chi connectivity index (χ3n) is 12.5. The van der Waals surface area contributed by atoms with Gasteiger partial charge in [-0.05, 0) is 67.3 Å². The summed E-state index contributed by atoms with van der Waals surface area (Å²) >= 11 is 0. The van der Waals surface area contributed by atoms with Gasteiger partial charge in [0, 0.05) is 22.7 Å². The summed E-state index contributed by atoms with van der Waals surface area (Å²) in [5.74, 6) is 0.150. The van der Waals surface area contributed by atoms with Gasteiger partial charge in [-0.1, -0.05) is 59.3 Å². The normalized spacial score (nSPS) is 55.1. The first-order valence-electron chi connectivity index (χ1n) is 13.6. The molecule has 0 aromatic rings. The van der Waals surface area contributed by atoms with E-state index in [1.54, 1.807) is 0 Å². The summed E-state index contributed by atoms with van der Waals surface area (Å²) in [4.78, 5) is 13.4. The van der Waals surface area contributed by atoms with Crippen LogP contribution in [0.5, 0.6) is 0 Å². The Morgan fingerprint density at radius 1 is 0.943 bits per heavy atom. The molecular formula is C30H46O5. The molecule has 0 saturated heterocycles. The average molecular weight is 487 g/mol. The maximum atomic E-state index is 13.4. The summed E-state index contributed by atoms with van der Waals surface area (Å²) in [6.07, 6.45) is 6.03. The monoisotopic (exact) mass is 486 g/mol. The van der Waals surface area contributed by atoms with Gasteiger partial charge in [0.05, 0.1) is 30.3 Å². The zero-order chi connectivity index (χ0) is 26.0. The van der Waals surface area contributed by atoms with E-state index in [1.807, 2.05) is 13.8 Å². The fourth-order valence-electron chi connectivity index (χ4n) is 9.88. The Morgan fingerprint density at radius 2 is 1.60 bits per heavy atom. The molecule has 0 amide bonds. The standard InChI is InChI=1S/C30H46O5/c1-25(2)13-18-17-8-9-19-26(3)11-10-21(32)28(5,16-31)20(26)12-22(33)30(19,7)29(17,6)24(35)15-27(18,4)23(34)14-25/h8-9,19-22,24,31-33,35H,10-16H2,1-7H3/t19-,20-,21+,22+,24+,26-,27-,28-,29+,30+/m1/s1. The van der Waals surface area contributed by atoms with Crippen molar-refractivity contribution < 1.29 is 25.2 Å². The van der Waals surface area contributed by atoms with E-state index < -0.39 is 40.0 Å². The van der Waals surface area contributed by atoms with Crippen LogP contribution in [0, 0.1) is 44.3 Å². The van der Waals surface area contributed by atoms with Gasteiger partial charge in [0.15, 0.2) is 0 Å². The van der Waals surface area contributed by atoms with Crippen LogP contribution in [0.15, 0.2) is 23.3 Å². The van der Waals surface area contributed by atoms with Crippen molar-refractivity contribution in [3.8, 4) is 0 Å². The summed E-state index contributed by atoms with van der Waals surface area (Å²) in [5, 5.41) is 45.2. The third kappa shape index (κ3) is 2.87. The number of hydrogen-bond donors (Lipinski definition) is 4. The molecule has 5 heteroatoms. The van der Waals surface area contributed by atoms with Crippen molar-refractivity contribution in [2.75, 3.05) is 6.61 Å². The van der Waals surface area contributed by atoms with Gasteiger partial charge in [-0.3, -0.25) is 4.79 Å². The molecule has 0 aromatic carbocycles. The first-order chi connectivity index (χ1) is 16.0. The molecule has 5 rings (SSSR count). The molecule has 10 atom stereocenters. The van der Waals surface area contributed by atoms with Crippen molar-refractivity contribution in [3.63, 3.8) is 0 Å². The quantitative estimate of drug-likeness (QED) is 0.446. The lowest BCUT2D eigenvalue weighted by Gasteiger charge is -2.71. The van der Waals surface area contributed by atoms with E-state index in [4.69, 9.17) is 0 Å². The Bertz CT molecular complexity index is 1010. The maximum Gasteiger partial charge on any atom is 0.143 e. The number of hydrogen-bond acceptors (Lipinski definition) is 5. The largest absolute Gasteiger partial charge is 0.396 e. The minimum absolute atomic E-state index is 0.0252. The van der Waals surface area contributed by atoms with Gasteiger partial charge < -0.3 is 20.4 Å². The summed E-state index contributed by atoms with van der Waals surface area (Å²) < 4.78 is 0. The molecule has 5 aliphatic rings. The van der Waals surface area contributed by atoms with Crippen LogP contribution in [-0.2, 0) is 4.79 Å². The lowest BCUT2D eigenvalue weighted by Crippen LogP contribution is -2.70. The Hall–Kier alpha value is -1.01. The predicted molar refractivity (Wildman–Crippen MR) is 135 cm³/mol. The molecule has 35 heavy (non-hydrogen) atoms. The van der Waals surface area contributed by atoms with Crippen LogP contribution in [0.2, 0.25) is 0 Å². The average Bonchev–Trinajstić information content (AvgIpc) is 2.76. The number of rotatable bonds is 1. The van der Waals surface area contributed by atoms with E-state index >= 15 is 0 Å². The van der Waals surface area contributed by atoms with E-state index in [-0.39, 0.29) is 35.1 Å². The van der Waals surface area contributed by atoms with Crippen LogP contribution >= 0.6 is 0 Å². The number of carbonyl (C=O) groups excluding carboxylic acids is 1. The summed E-state index contributed by atoms with van der Waals surface area (Å²) in [6.45, 7) is 14.7. The van der Waals surface area contributed by atoms with Gasteiger partial charge in [-0.2, -0.15) is 0 Å². The van der Waals surface area contributed by atoms with Crippen molar-refractivity contribution in [2.45, 2.75) is 105 Å². The molecule has 0 aliphatic heterocycles. The van der Waals surface area contributed by atoms with Crippen LogP contribution in [0.1, 0.15) is 87.0 Å². The predicted octanol–water partition coefficient (Wildman–Crippen LogP) is 4.18. The van der Waals surface area contributed by atoms with Crippen LogP contribution < -0.4 is 0 Å². The summed E-state index contributed by atoms with van der Waals surface area (Å²) in [5.41, 5.74) is -0.823. The number of Topliss-reactive ketones (excluding diaryl/α,β-unsaturated/α-hetero) is 1. The molecule has 5 aliphatic carbocycles. The molecule has 196 valence electrons. The number of allylic oxidation sites excluding steroid dienone is 3. The van der Waals surface area contributed by atoms with Gasteiger partial charge in [-0.15, -0.1) is 0 Å². The van der Waals surface area contributed by atoms with Crippen LogP contribution in [-0.4, -0.2) is 51.1 Å². The molecular weight excluding hydrogens is 440 g/mol. The van der Waals surface area contributed by atoms with Gasteiger partial charge in [-0.25, -0.2) is 0 Å². The molecule has 3 saturated carbocycles. The van der Waals surface area contributed by atoms with Gasteiger partial charge in [0.25, 0.3) is 0 Å². The van der Waals surface area contributed by atoms with E-state index in [1.165, 1.54) is 0 Å². The zero-order valence-electron chi connectivity index (χ0n) is 22.7. The lowest BCUT2D eigenvalue weighted by molar-refractivity contribution is -0.247. The number of aliphatic hydroxyl groups is 4. The highest BCUT2D eigenvalue weighted by Gasteiger charge is 2.72. The van der Waals surface area contributed by atoms with E-state index in [2.05, 4.69) is 46.8 Å². The number of ketones is 1. The first kappa shape index (κ1) is 25.6.